The van der Waals surface area contributed by atoms with Gasteiger partial charge in [-0.15, -0.1) is 0 Å². The van der Waals surface area contributed by atoms with Crippen LogP contribution in [0, 0.1) is 12.7 Å². The minimum Gasteiger partial charge on any atom is -0.340 e. The summed E-state index contributed by atoms with van der Waals surface area (Å²) in [5.41, 5.74) is 1.95. The number of piperazine rings is 1. The lowest BCUT2D eigenvalue weighted by Crippen LogP contribution is -2.49. The van der Waals surface area contributed by atoms with Gasteiger partial charge in [0.05, 0.1) is 12.5 Å². The number of amides is 1. The molecule has 1 fully saturated rings. The van der Waals surface area contributed by atoms with Crippen LogP contribution in [0.2, 0.25) is 0 Å². The van der Waals surface area contributed by atoms with Crippen LogP contribution in [0.15, 0.2) is 47.1 Å². The van der Waals surface area contributed by atoms with E-state index in [2.05, 4.69) is 20.0 Å². The van der Waals surface area contributed by atoms with Gasteiger partial charge in [-0.2, -0.15) is 4.98 Å². The van der Waals surface area contributed by atoms with Crippen LogP contribution in [0.4, 0.5) is 4.39 Å². The quantitative estimate of drug-likeness (QED) is 0.645. The van der Waals surface area contributed by atoms with Crippen LogP contribution < -0.4 is 0 Å². The maximum atomic E-state index is 13.8. The lowest BCUT2D eigenvalue weighted by atomic mass is 10.1. The van der Waals surface area contributed by atoms with Gasteiger partial charge in [0.1, 0.15) is 5.82 Å². The molecule has 0 radical (unpaired) electrons. The summed E-state index contributed by atoms with van der Waals surface area (Å²) < 4.78 is 19.3. The number of hydrogen-bond acceptors (Lipinski definition) is 6. The molecule has 2 aromatic heterocycles. The topological polar surface area (TPSA) is 75.4 Å². The fraction of sp³-hybridized carbons (Fsp3) is 0.364. The first-order valence-corrected chi connectivity index (χ1v) is 10.0. The Kier molecular flexibility index (Phi) is 5.85. The van der Waals surface area contributed by atoms with Gasteiger partial charge in [-0.3, -0.25) is 14.7 Å². The Morgan fingerprint density at radius 2 is 2.00 bits per heavy atom. The summed E-state index contributed by atoms with van der Waals surface area (Å²) in [6.45, 7) is 6.42. The van der Waals surface area contributed by atoms with E-state index in [1.807, 2.05) is 30.0 Å². The summed E-state index contributed by atoms with van der Waals surface area (Å²) >= 11 is 0. The number of carbonyl (C=O) groups is 1. The fourth-order valence-corrected chi connectivity index (χ4v) is 3.54. The fourth-order valence-electron chi connectivity index (χ4n) is 3.54. The molecule has 0 spiro atoms. The number of nitrogens with zero attached hydrogens (tertiary/aromatic N) is 5. The zero-order valence-electron chi connectivity index (χ0n) is 17.1. The molecule has 30 heavy (non-hydrogen) atoms. The molecule has 0 N–H and O–H groups in total. The third-order valence-electron chi connectivity index (χ3n) is 5.50. The van der Waals surface area contributed by atoms with E-state index in [1.165, 1.54) is 6.07 Å². The number of benzene rings is 1. The van der Waals surface area contributed by atoms with Crippen molar-refractivity contribution in [2.45, 2.75) is 26.3 Å². The van der Waals surface area contributed by atoms with E-state index >= 15 is 0 Å². The molecule has 0 saturated carbocycles. The molecule has 1 aliphatic heterocycles. The first-order chi connectivity index (χ1) is 14.5. The molecule has 1 saturated heterocycles. The molecule has 1 aromatic carbocycles. The maximum Gasteiger partial charge on any atom is 0.244 e. The van der Waals surface area contributed by atoms with Gasteiger partial charge in [0.25, 0.3) is 0 Å². The number of halogens is 1. The van der Waals surface area contributed by atoms with Gasteiger partial charge in [-0.25, -0.2) is 4.39 Å². The van der Waals surface area contributed by atoms with Crippen molar-refractivity contribution >= 4 is 5.91 Å². The Morgan fingerprint density at radius 1 is 1.20 bits per heavy atom. The summed E-state index contributed by atoms with van der Waals surface area (Å²) in [4.78, 5) is 25.3. The van der Waals surface area contributed by atoms with Crippen molar-refractivity contribution in [1.82, 2.24) is 24.9 Å². The number of aryl methyl sites for hydroxylation is 1. The van der Waals surface area contributed by atoms with Crippen molar-refractivity contribution in [2.75, 3.05) is 26.2 Å². The van der Waals surface area contributed by atoms with E-state index in [1.54, 1.807) is 25.3 Å². The van der Waals surface area contributed by atoms with Gasteiger partial charge >= 0.3 is 0 Å². The summed E-state index contributed by atoms with van der Waals surface area (Å²) in [7, 11) is 0. The van der Waals surface area contributed by atoms with Crippen LogP contribution in [-0.2, 0) is 11.2 Å². The Bertz CT molecular complexity index is 1020. The van der Waals surface area contributed by atoms with E-state index in [0.717, 1.165) is 5.69 Å². The van der Waals surface area contributed by atoms with Crippen LogP contribution in [0.1, 0.15) is 30.1 Å². The van der Waals surface area contributed by atoms with Crippen LogP contribution >= 0.6 is 0 Å². The first kappa shape index (κ1) is 20.2. The zero-order chi connectivity index (χ0) is 21.1. The number of rotatable bonds is 5. The highest BCUT2D eigenvalue weighted by atomic mass is 19.1. The smallest absolute Gasteiger partial charge is 0.244 e. The molecule has 4 rings (SSSR count). The van der Waals surface area contributed by atoms with Crippen LogP contribution in [0.3, 0.4) is 0 Å². The van der Waals surface area contributed by atoms with Crippen molar-refractivity contribution in [3.63, 3.8) is 0 Å². The third kappa shape index (κ3) is 4.38. The number of pyridine rings is 1. The SMILES string of the molecule is Cc1ccc(-c2noc([C@@H](C)N3CCN(C(=O)Cc4ccccn4)CC3)n2)cc1F. The molecule has 156 valence electrons. The minimum absolute atomic E-state index is 0.0856. The molecule has 8 heteroatoms. The normalized spacial score (nSPS) is 15.9. The Morgan fingerprint density at radius 3 is 2.70 bits per heavy atom. The molecular weight excluding hydrogens is 385 g/mol. The molecule has 7 nitrogen and oxygen atoms in total. The van der Waals surface area contributed by atoms with Crippen molar-refractivity contribution in [3.8, 4) is 11.4 Å². The largest absolute Gasteiger partial charge is 0.340 e. The lowest BCUT2D eigenvalue weighted by molar-refractivity contribution is -0.132. The number of aromatic nitrogens is 3. The second-order valence-electron chi connectivity index (χ2n) is 7.51. The molecule has 1 aliphatic rings. The molecule has 1 amide bonds. The van der Waals surface area contributed by atoms with Gasteiger partial charge in [0.15, 0.2) is 0 Å². The van der Waals surface area contributed by atoms with E-state index < -0.39 is 0 Å². The standard InChI is InChI=1S/C22H24FN5O2/c1-15-6-7-17(13-19(15)23)21-25-22(30-26-21)16(2)27-9-11-28(12-10-27)20(29)14-18-5-3-4-8-24-18/h3-8,13,16H,9-12,14H2,1-2H3/t16-/m1/s1. The van der Waals surface area contributed by atoms with Gasteiger partial charge in [0, 0.05) is 43.6 Å². The van der Waals surface area contributed by atoms with Crippen LogP contribution in [0.5, 0.6) is 0 Å². The van der Waals surface area contributed by atoms with Gasteiger partial charge in [0.2, 0.25) is 17.6 Å². The van der Waals surface area contributed by atoms with Crippen molar-refractivity contribution in [1.29, 1.82) is 0 Å². The third-order valence-corrected chi connectivity index (χ3v) is 5.50. The summed E-state index contributed by atoms with van der Waals surface area (Å²) in [6, 6.07) is 10.4. The van der Waals surface area contributed by atoms with E-state index in [0.29, 0.717) is 55.4 Å². The second kappa shape index (κ2) is 8.71. The molecule has 0 aliphatic carbocycles. The summed E-state index contributed by atoms with van der Waals surface area (Å²) in [5.74, 6) is 0.653. The predicted octanol–water partition coefficient (Wildman–Crippen LogP) is 3.03. The lowest BCUT2D eigenvalue weighted by Gasteiger charge is -2.36. The summed E-state index contributed by atoms with van der Waals surface area (Å²) in [6.07, 6.45) is 2.02. The zero-order valence-corrected chi connectivity index (χ0v) is 17.1. The van der Waals surface area contributed by atoms with E-state index in [9.17, 15) is 9.18 Å². The average molecular weight is 409 g/mol. The highest BCUT2D eigenvalue weighted by Gasteiger charge is 2.28. The molecular formula is C22H24FN5O2. The predicted molar refractivity (Wildman–Crippen MR) is 109 cm³/mol. The Hall–Kier alpha value is -3.13. The maximum absolute atomic E-state index is 13.8. The molecule has 3 aromatic rings. The van der Waals surface area contributed by atoms with Crippen molar-refractivity contribution in [2.24, 2.45) is 0 Å². The Balaban J connectivity index is 1.35. The van der Waals surface area contributed by atoms with Gasteiger partial charge in [-0.1, -0.05) is 23.4 Å². The number of hydrogen-bond donors (Lipinski definition) is 0. The van der Waals surface area contributed by atoms with Crippen LogP contribution in [0.25, 0.3) is 11.4 Å². The highest BCUT2D eigenvalue weighted by molar-refractivity contribution is 5.78. The Labute approximate surface area is 174 Å². The molecule has 0 unspecified atom stereocenters. The van der Waals surface area contributed by atoms with E-state index in [-0.39, 0.29) is 17.8 Å². The second-order valence-corrected chi connectivity index (χ2v) is 7.51. The minimum atomic E-state index is -0.293. The number of carbonyl (C=O) groups excluding carboxylic acids is 1. The average Bonchev–Trinajstić information content (AvgIpc) is 3.26. The highest BCUT2D eigenvalue weighted by Crippen LogP contribution is 2.24. The van der Waals surface area contributed by atoms with Gasteiger partial charge in [-0.05, 0) is 37.6 Å². The van der Waals surface area contributed by atoms with Gasteiger partial charge < -0.3 is 9.42 Å². The summed E-state index contributed by atoms with van der Waals surface area (Å²) in [5, 5.41) is 4.01. The van der Waals surface area contributed by atoms with E-state index in [4.69, 9.17) is 4.52 Å². The van der Waals surface area contributed by atoms with Crippen molar-refractivity contribution in [3.05, 3.63) is 65.6 Å². The molecule has 1 atom stereocenters. The van der Waals surface area contributed by atoms with Crippen LogP contribution in [-0.4, -0.2) is 57.0 Å². The molecule has 3 heterocycles. The monoisotopic (exact) mass is 409 g/mol. The first-order valence-electron chi connectivity index (χ1n) is 10.0. The molecule has 0 bridgehead atoms. The van der Waals surface area contributed by atoms with Crippen molar-refractivity contribution < 1.29 is 13.7 Å².